The smallest absolute Gasteiger partial charge is 0.378 e. The standard InChI is InChI=1S/C17H23N6O3S2/c1-22-17(27-16(21-22)18-15-3-2-12-28(15,24)25)20-19-13-4-6-14(7-5-13)23-8-10-26-11-9-23/h4-7,15H,2-3,8-12H2,1H3,(H,18,21)/q+1. The Morgan fingerprint density at radius 1 is 1.25 bits per heavy atom. The molecule has 2 saturated heterocycles. The number of rotatable bonds is 5. The van der Waals surface area contributed by atoms with Gasteiger partial charge in [0.05, 0.1) is 24.1 Å². The summed E-state index contributed by atoms with van der Waals surface area (Å²) in [5.41, 5.74) is 1.90. The molecule has 0 spiro atoms. The van der Waals surface area contributed by atoms with Crippen LogP contribution in [0.3, 0.4) is 0 Å². The van der Waals surface area contributed by atoms with Gasteiger partial charge in [-0.25, -0.2) is 8.42 Å². The van der Waals surface area contributed by atoms with Crippen LogP contribution in [-0.4, -0.2) is 50.9 Å². The van der Waals surface area contributed by atoms with E-state index in [0.29, 0.717) is 23.1 Å². The Hall–Kier alpha value is -2.11. The van der Waals surface area contributed by atoms with Gasteiger partial charge in [0.2, 0.25) is 5.13 Å². The number of hydrogen-bond acceptors (Lipinski definition) is 9. The number of hydrogen-bond donors (Lipinski definition) is 1. The number of nitrogens with one attached hydrogen (secondary N) is 1. The number of ether oxygens (including phenoxy) is 1. The van der Waals surface area contributed by atoms with E-state index >= 15 is 0 Å². The van der Waals surface area contributed by atoms with Crippen LogP contribution in [0.25, 0.3) is 0 Å². The lowest BCUT2D eigenvalue weighted by Gasteiger charge is -2.28. The first-order chi connectivity index (χ1) is 13.5. The van der Waals surface area contributed by atoms with Gasteiger partial charge >= 0.3 is 5.13 Å². The van der Waals surface area contributed by atoms with Crippen LogP contribution < -0.4 is 14.9 Å². The first-order valence-corrected chi connectivity index (χ1v) is 11.7. The van der Waals surface area contributed by atoms with Crippen molar-refractivity contribution in [1.29, 1.82) is 0 Å². The first kappa shape index (κ1) is 19.2. The Morgan fingerprint density at radius 3 is 2.68 bits per heavy atom. The van der Waals surface area contributed by atoms with E-state index in [1.807, 2.05) is 24.3 Å². The average molecular weight is 424 g/mol. The van der Waals surface area contributed by atoms with E-state index in [9.17, 15) is 8.42 Å². The molecule has 0 amide bonds. The van der Waals surface area contributed by atoms with Crippen molar-refractivity contribution >= 4 is 42.8 Å². The van der Waals surface area contributed by atoms with Crippen molar-refractivity contribution in [2.24, 2.45) is 17.3 Å². The van der Waals surface area contributed by atoms with Crippen LogP contribution in [0.1, 0.15) is 12.8 Å². The van der Waals surface area contributed by atoms with Gasteiger partial charge in [0.15, 0.2) is 9.84 Å². The fraction of sp³-hybridized carbons (Fsp3) is 0.529. The summed E-state index contributed by atoms with van der Waals surface area (Å²) in [4.78, 5) is 2.28. The predicted molar refractivity (Wildman–Crippen MR) is 107 cm³/mol. The number of azo groups is 1. The van der Waals surface area contributed by atoms with Crippen molar-refractivity contribution in [2.75, 3.05) is 42.3 Å². The Morgan fingerprint density at radius 2 is 2.00 bits per heavy atom. The molecule has 2 fully saturated rings. The fourth-order valence-corrected chi connectivity index (χ4v) is 5.78. The van der Waals surface area contributed by atoms with Gasteiger partial charge in [0, 0.05) is 18.8 Å². The van der Waals surface area contributed by atoms with E-state index in [-0.39, 0.29) is 5.75 Å². The highest BCUT2D eigenvalue weighted by Gasteiger charge is 2.32. The zero-order valence-corrected chi connectivity index (χ0v) is 17.2. The van der Waals surface area contributed by atoms with Crippen LogP contribution in [0.15, 0.2) is 34.5 Å². The number of morpholine rings is 1. The van der Waals surface area contributed by atoms with Crippen molar-refractivity contribution in [3.05, 3.63) is 24.3 Å². The summed E-state index contributed by atoms with van der Waals surface area (Å²) >= 11 is 1.29. The van der Waals surface area contributed by atoms with E-state index in [4.69, 9.17) is 4.74 Å². The third-order valence-electron chi connectivity index (χ3n) is 4.80. The maximum absolute atomic E-state index is 12.0. The zero-order valence-electron chi connectivity index (χ0n) is 15.6. The number of benzene rings is 1. The molecule has 1 atom stereocenters. The number of sulfone groups is 1. The normalized spacial score (nSPS) is 22.0. The molecule has 2 aromatic rings. The maximum Gasteiger partial charge on any atom is 0.431 e. The van der Waals surface area contributed by atoms with Crippen LogP contribution in [0.4, 0.5) is 21.6 Å². The van der Waals surface area contributed by atoms with Crippen LogP contribution in [-0.2, 0) is 21.6 Å². The molecule has 0 aliphatic carbocycles. The fourth-order valence-electron chi connectivity index (χ4n) is 3.24. The lowest BCUT2D eigenvalue weighted by Crippen LogP contribution is -2.36. The summed E-state index contributed by atoms with van der Waals surface area (Å²) in [5.74, 6) is 0.231. The van der Waals surface area contributed by atoms with Crippen LogP contribution in [0, 0.1) is 0 Å². The molecule has 4 rings (SSSR count). The highest BCUT2D eigenvalue weighted by atomic mass is 32.2. The maximum atomic E-state index is 12.0. The van der Waals surface area contributed by atoms with Crippen molar-refractivity contribution < 1.29 is 17.8 Å². The van der Waals surface area contributed by atoms with Crippen molar-refractivity contribution in [3.8, 4) is 0 Å². The minimum atomic E-state index is -3.08. The third kappa shape index (κ3) is 4.31. The molecule has 0 bridgehead atoms. The monoisotopic (exact) mass is 423 g/mol. The van der Waals surface area contributed by atoms with Crippen molar-refractivity contribution in [1.82, 2.24) is 5.10 Å². The summed E-state index contributed by atoms with van der Waals surface area (Å²) in [7, 11) is -1.31. The van der Waals surface area contributed by atoms with Gasteiger partial charge in [-0.15, -0.1) is 4.68 Å². The molecule has 1 aromatic heterocycles. The van der Waals surface area contributed by atoms with Gasteiger partial charge in [0.1, 0.15) is 18.1 Å². The highest BCUT2D eigenvalue weighted by molar-refractivity contribution is 7.92. The van der Waals surface area contributed by atoms with Gasteiger partial charge in [0.25, 0.3) is 0 Å². The van der Waals surface area contributed by atoms with Gasteiger partial charge in [-0.05, 0) is 53.6 Å². The summed E-state index contributed by atoms with van der Waals surface area (Å²) in [6, 6.07) is 7.92. The largest absolute Gasteiger partial charge is 0.431 e. The summed E-state index contributed by atoms with van der Waals surface area (Å²) in [6.45, 7) is 3.29. The lowest BCUT2D eigenvalue weighted by atomic mass is 10.2. The minimum Gasteiger partial charge on any atom is -0.378 e. The second kappa shape index (κ2) is 8.10. The second-order valence-electron chi connectivity index (χ2n) is 6.77. The molecule has 1 N–H and O–H groups in total. The molecular weight excluding hydrogens is 400 g/mol. The van der Waals surface area contributed by atoms with Gasteiger partial charge in [-0.1, -0.05) is 5.10 Å². The Kier molecular flexibility index (Phi) is 5.56. The molecule has 2 aliphatic rings. The lowest BCUT2D eigenvalue weighted by molar-refractivity contribution is -0.712. The van der Waals surface area contributed by atoms with E-state index in [1.54, 1.807) is 11.7 Å². The van der Waals surface area contributed by atoms with Crippen molar-refractivity contribution in [2.45, 2.75) is 18.2 Å². The quantitative estimate of drug-likeness (QED) is 0.584. The molecule has 0 saturated carbocycles. The third-order valence-corrected chi connectivity index (χ3v) is 7.80. The topological polar surface area (TPSA) is 100 Å². The van der Waals surface area contributed by atoms with Crippen LogP contribution >= 0.6 is 11.3 Å². The first-order valence-electron chi connectivity index (χ1n) is 9.21. The number of aromatic nitrogens is 2. The Labute approximate surface area is 168 Å². The van der Waals surface area contributed by atoms with E-state index in [2.05, 4.69) is 25.5 Å². The zero-order chi connectivity index (χ0) is 19.6. The van der Waals surface area contributed by atoms with Gasteiger partial charge in [-0.2, -0.15) is 0 Å². The SMILES string of the molecule is C[n+]1nc(NC2CCCS2(=O)=O)sc1N=Nc1ccc(N2CCOCC2)cc1. The molecule has 11 heteroatoms. The van der Waals surface area contributed by atoms with E-state index < -0.39 is 15.2 Å². The summed E-state index contributed by atoms with van der Waals surface area (Å²) in [6.07, 6.45) is 1.29. The number of nitrogens with zero attached hydrogens (tertiary/aromatic N) is 5. The summed E-state index contributed by atoms with van der Waals surface area (Å²) in [5, 5.41) is 16.5. The number of anilines is 2. The molecular formula is C17H23N6O3S2+. The molecule has 2 aliphatic heterocycles. The van der Waals surface area contributed by atoms with E-state index in [0.717, 1.165) is 37.7 Å². The average Bonchev–Trinajstić information content (AvgIpc) is 3.22. The second-order valence-corrected chi connectivity index (χ2v) is 10.0. The predicted octanol–water partition coefficient (Wildman–Crippen LogP) is 2.17. The van der Waals surface area contributed by atoms with E-state index in [1.165, 1.54) is 11.3 Å². The molecule has 1 aromatic carbocycles. The minimum absolute atomic E-state index is 0.231. The molecule has 0 radical (unpaired) electrons. The van der Waals surface area contributed by atoms with Crippen molar-refractivity contribution in [3.63, 3.8) is 0 Å². The Balaban J connectivity index is 1.42. The van der Waals surface area contributed by atoms with Crippen LogP contribution in [0.2, 0.25) is 0 Å². The molecule has 1 unspecified atom stereocenters. The van der Waals surface area contributed by atoms with Gasteiger partial charge < -0.3 is 15.0 Å². The molecule has 150 valence electrons. The van der Waals surface area contributed by atoms with Gasteiger partial charge in [-0.3, -0.25) is 0 Å². The Bertz CT molecular complexity index is 952. The molecule has 3 heterocycles. The highest BCUT2D eigenvalue weighted by Crippen LogP contribution is 2.28. The molecule has 28 heavy (non-hydrogen) atoms. The summed E-state index contributed by atoms with van der Waals surface area (Å²) < 4.78 is 30.9. The van der Waals surface area contributed by atoms with Crippen LogP contribution in [0.5, 0.6) is 0 Å². The number of aryl methyl sites for hydroxylation is 1. The molecule has 9 nitrogen and oxygen atoms in total.